The highest BCUT2D eigenvalue weighted by Gasteiger charge is 2.36. The summed E-state index contributed by atoms with van der Waals surface area (Å²) in [5, 5.41) is 7.77. The third-order valence-electron chi connectivity index (χ3n) is 5.88. The van der Waals surface area contributed by atoms with Gasteiger partial charge in [0.05, 0.1) is 13.3 Å². The average Bonchev–Trinajstić information content (AvgIpc) is 3.29. The predicted molar refractivity (Wildman–Crippen MR) is 106 cm³/mol. The molecule has 1 aromatic carbocycles. The van der Waals surface area contributed by atoms with Gasteiger partial charge in [0, 0.05) is 49.5 Å². The molecule has 4 rings (SSSR count). The Labute approximate surface area is 165 Å². The number of aromatic nitrogens is 2. The smallest absolute Gasteiger partial charge is 0.253 e. The van der Waals surface area contributed by atoms with Crippen molar-refractivity contribution in [1.29, 1.82) is 0 Å². The number of rotatable bonds is 6. The van der Waals surface area contributed by atoms with Gasteiger partial charge in [-0.05, 0) is 43.9 Å². The van der Waals surface area contributed by atoms with Crippen molar-refractivity contribution >= 4 is 5.91 Å². The Morgan fingerprint density at radius 3 is 2.68 bits per heavy atom. The minimum Gasteiger partial charge on any atom is -0.493 e. The summed E-state index contributed by atoms with van der Waals surface area (Å²) in [5.41, 5.74) is 1.60. The fourth-order valence-electron chi connectivity index (χ4n) is 4.34. The SMILES string of the molecule is COc1cc(C(=O)N(C)C2CC3CCC(C2)N3)ccc1OCc1cnn(C)c1. The minimum absolute atomic E-state index is 0.0309. The van der Waals surface area contributed by atoms with Crippen molar-refractivity contribution in [2.75, 3.05) is 14.2 Å². The molecule has 2 saturated heterocycles. The molecule has 7 nitrogen and oxygen atoms in total. The molecule has 28 heavy (non-hydrogen) atoms. The molecule has 1 aromatic heterocycles. The van der Waals surface area contributed by atoms with Gasteiger partial charge in [-0.2, -0.15) is 5.10 Å². The van der Waals surface area contributed by atoms with E-state index < -0.39 is 0 Å². The molecule has 7 heteroatoms. The molecule has 2 atom stereocenters. The monoisotopic (exact) mass is 384 g/mol. The van der Waals surface area contributed by atoms with Crippen LogP contribution in [0.2, 0.25) is 0 Å². The zero-order valence-corrected chi connectivity index (χ0v) is 16.7. The summed E-state index contributed by atoms with van der Waals surface area (Å²) in [5.74, 6) is 1.21. The molecule has 2 aliphatic rings. The summed E-state index contributed by atoms with van der Waals surface area (Å²) in [6.45, 7) is 0.398. The van der Waals surface area contributed by atoms with Crippen molar-refractivity contribution in [1.82, 2.24) is 20.0 Å². The predicted octanol–water partition coefficient (Wildman–Crippen LogP) is 2.36. The van der Waals surface area contributed by atoms with Crippen LogP contribution in [0.3, 0.4) is 0 Å². The van der Waals surface area contributed by atoms with Crippen LogP contribution in [0.4, 0.5) is 0 Å². The first-order valence-electron chi connectivity index (χ1n) is 9.85. The van der Waals surface area contributed by atoms with Crippen LogP contribution in [-0.2, 0) is 13.7 Å². The standard InChI is InChI=1S/C21H28N4O3/c1-24-12-14(11-22-24)13-28-19-7-4-15(8-20(19)27-3)21(26)25(2)18-9-16-5-6-17(10-18)23-16/h4,7-8,11-12,16-18,23H,5-6,9-10,13H2,1-3H3. The van der Waals surface area contributed by atoms with Crippen molar-refractivity contribution in [2.45, 2.75) is 50.4 Å². The fourth-order valence-corrected chi connectivity index (χ4v) is 4.34. The summed E-state index contributed by atoms with van der Waals surface area (Å²) in [4.78, 5) is 14.9. The van der Waals surface area contributed by atoms with E-state index in [4.69, 9.17) is 9.47 Å². The zero-order chi connectivity index (χ0) is 19.7. The fraction of sp³-hybridized carbons (Fsp3) is 0.524. The van der Waals surface area contributed by atoms with Gasteiger partial charge in [-0.15, -0.1) is 0 Å². The van der Waals surface area contributed by atoms with E-state index >= 15 is 0 Å². The highest BCUT2D eigenvalue weighted by molar-refractivity contribution is 5.95. The van der Waals surface area contributed by atoms with Gasteiger partial charge in [0.1, 0.15) is 6.61 Å². The minimum atomic E-state index is 0.0309. The van der Waals surface area contributed by atoms with Gasteiger partial charge in [-0.25, -0.2) is 0 Å². The topological polar surface area (TPSA) is 68.6 Å². The molecule has 3 heterocycles. The lowest BCUT2D eigenvalue weighted by molar-refractivity contribution is 0.0681. The highest BCUT2D eigenvalue weighted by Crippen LogP contribution is 2.32. The number of ether oxygens (including phenoxy) is 2. The van der Waals surface area contributed by atoms with Gasteiger partial charge in [0.25, 0.3) is 5.91 Å². The van der Waals surface area contributed by atoms with Crippen LogP contribution in [0.25, 0.3) is 0 Å². The summed E-state index contributed by atoms with van der Waals surface area (Å²) >= 11 is 0. The third kappa shape index (κ3) is 3.85. The first-order valence-corrected chi connectivity index (χ1v) is 9.85. The van der Waals surface area contributed by atoms with Crippen LogP contribution in [-0.4, -0.2) is 52.9 Å². The Balaban J connectivity index is 1.44. The summed E-state index contributed by atoms with van der Waals surface area (Å²) < 4.78 is 13.1. The largest absolute Gasteiger partial charge is 0.493 e. The van der Waals surface area contributed by atoms with Crippen LogP contribution < -0.4 is 14.8 Å². The lowest BCUT2D eigenvalue weighted by Crippen LogP contribution is -2.48. The van der Waals surface area contributed by atoms with E-state index in [1.165, 1.54) is 12.8 Å². The maximum Gasteiger partial charge on any atom is 0.253 e. The first kappa shape index (κ1) is 18.8. The van der Waals surface area contributed by atoms with Gasteiger partial charge in [-0.1, -0.05) is 0 Å². The molecule has 2 aromatic rings. The normalized spacial score (nSPS) is 23.5. The molecular weight excluding hydrogens is 356 g/mol. The van der Waals surface area contributed by atoms with Crippen LogP contribution in [0, 0.1) is 0 Å². The molecule has 0 radical (unpaired) electrons. The Morgan fingerprint density at radius 2 is 2.04 bits per heavy atom. The van der Waals surface area contributed by atoms with Gasteiger partial charge in [-0.3, -0.25) is 9.48 Å². The van der Waals surface area contributed by atoms with E-state index in [1.54, 1.807) is 24.1 Å². The molecule has 2 bridgehead atoms. The molecule has 1 N–H and O–H groups in total. The molecule has 2 fully saturated rings. The Kier molecular flexibility index (Phi) is 5.26. The molecule has 2 unspecified atom stereocenters. The number of carbonyl (C=O) groups is 1. The van der Waals surface area contributed by atoms with E-state index in [9.17, 15) is 4.79 Å². The van der Waals surface area contributed by atoms with Crippen LogP contribution in [0.5, 0.6) is 11.5 Å². The second-order valence-corrected chi connectivity index (χ2v) is 7.86. The van der Waals surface area contributed by atoms with Crippen LogP contribution >= 0.6 is 0 Å². The number of amides is 1. The number of carbonyl (C=O) groups excluding carboxylic acids is 1. The second-order valence-electron chi connectivity index (χ2n) is 7.86. The zero-order valence-electron chi connectivity index (χ0n) is 16.7. The average molecular weight is 384 g/mol. The van der Waals surface area contributed by atoms with Crippen molar-refractivity contribution in [3.05, 3.63) is 41.7 Å². The van der Waals surface area contributed by atoms with Crippen molar-refractivity contribution in [3.63, 3.8) is 0 Å². The van der Waals surface area contributed by atoms with Gasteiger partial charge >= 0.3 is 0 Å². The number of aryl methyl sites for hydroxylation is 1. The molecular formula is C21H28N4O3. The number of hydrogen-bond donors (Lipinski definition) is 1. The number of fused-ring (bicyclic) bond motifs is 2. The van der Waals surface area contributed by atoms with E-state index in [1.807, 2.05) is 37.3 Å². The molecule has 0 saturated carbocycles. The highest BCUT2D eigenvalue weighted by atomic mass is 16.5. The molecule has 150 valence electrons. The van der Waals surface area contributed by atoms with E-state index in [0.29, 0.717) is 41.8 Å². The molecule has 2 aliphatic heterocycles. The number of nitrogens with one attached hydrogen (secondary N) is 1. The number of hydrogen-bond acceptors (Lipinski definition) is 5. The number of piperidine rings is 1. The number of benzene rings is 1. The number of nitrogens with zero attached hydrogens (tertiary/aromatic N) is 3. The van der Waals surface area contributed by atoms with Gasteiger partial charge in [0.15, 0.2) is 11.5 Å². The van der Waals surface area contributed by atoms with E-state index in [2.05, 4.69) is 10.4 Å². The number of methoxy groups -OCH3 is 1. The Hall–Kier alpha value is -2.54. The van der Waals surface area contributed by atoms with Crippen LogP contribution in [0.15, 0.2) is 30.6 Å². The maximum absolute atomic E-state index is 13.0. The van der Waals surface area contributed by atoms with Gasteiger partial charge in [0.2, 0.25) is 0 Å². The maximum atomic E-state index is 13.0. The van der Waals surface area contributed by atoms with Crippen molar-refractivity contribution < 1.29 is 14.3 Å². The Bertz CT molecular complexity index is 838. The van der Waals surface area contributed by atoms with E-state index in [-0.39, 0.29) is 5.91 Å². The van der Waals surface area contributed by atoms with Gasteiger partial charge < -0.3 is 19.7 Å². The van der Waals surface area contributed by atoms with Crippen LogP contribution in [0.1, 0.15) is 41.6 Å². The lowest BCUT2D eigenvalue weighted by Gasteiger charge is -2.35. The first-order chi connectivity index (χ1) is 13.5. The molecule has 1 amide bonds. The Morgan fingerprint density at radius 1 is 1.29 bits per heavy atom. The summed E-state index contributed by atoms with van der Waals surface area (Å²) in [6.07, 6.45) is 8.18. The van der Waals surface area contributed by atoms with Crippen molar-refractivity contribution in [3.8, 4) is 11.5 Å². The second kappa shape index (κ2) is 7.83. The van der Waals surface area contributed by atoms with Crippen molar-refractivity contribution in [2.24, 2.45) is 7.05 Å². The molecule has 0 aliphatic carbocycles. The summed E-state index contributed by atoms with van der Waals surface area (Å²) in [6, 6.07) is 6.79. The molecule has 0 spiro atoms. The summed E-state index contributed by atoms with van der Waals surface area (Å²) in [7, 11) is 5.38. The van der Waals surface area contributed by atoms with E-state index in [0.717, 1.165) is 18.4 Å². The third-order valence-corrected chi connectivity index (χ3v) is 5.88. The lowest BCUT2D eigenvalue weighted by atomic mass is 9.98. The quantitative estimate of drug-likeness (QED) is 0.828.